The van der Waals surface area contributed by atoms with Crippen LogP contribution in [0.5, 0.6) is 5.75 Å². The molecular weight excluding hydrogens is 324 g/mol. The van der Waals surface area contributed by atoms with Gasteiger partial charge in [-0.1, -0.05) is 21.1 Å². The van der Waals surface area contributed by atoms with Crippen molar-refractivity contribution in [3.05, 3.63) is 46.3 Å². The summed E-state index contributed by atoms with van der Waals surface area (Å²) in [6, 6.07) is 7.38. The van der Waals surface area contributed by atoms with Crippen molar-refractivity contribution in [3.8, 4) is 5.75 Å². The van der Waals surface area contributed by atoms with Gasteiger partial charge in [-0.15, -0.1) is 0 Å². The molecule has 1 atom stereocenters. The van der Waals surface area contributed by atoms with Crippen molar-refractivity contribution in [2.24, 2.45) is 0 Å². The summed E-state index contributed by atoms with van der Waals surface area (Å²) in [5.41, 5.74) is 1.32. The van der Waals surface area contributed by atoms with E-state index in [1.54, 1.807) is 18.0 Å². The third-order valence-electron chi connectivity index (χ3n) is 3.42. The van der Waals surface area contributed by atoms with Crippen LogP contribution < -0.4 is 4.74 Å². The van der Waals surface area contributed by atoms with E-state index >= 15 is 0 Å². The van der Waals surface area contributed by atoms with Crippen LogP contribution in [-0.2, 0) is 0 Å². The van der Waals surface area contributed by atoms with Crippen LogP contribution in [0.3, 0.4) is 0 Å². The lowest BCUT2D eigenvalue weighted by molar-refractivity contribution is 0.0676. The number of nitrogens with zero attached hydrogens (tertiary/aromatic N) is 2. The standard InChI is InChI=1S/C14H13BrN2O3/c1-17(14(18)11-4-7-20-16-11)12-5-6-19-13-3-2-9(15)8-10(12)13/h2-4,7-8,12H,5-6H2,1H3/t12-/m0/s1. The minimum Gasteiger partial charge on any atom is -0.493 e. The zero-order valence-electron chi connectivity index (χ0n) is 10.9. The van der Waals surface area contributed by atoms with E-state index in [-0.39, 0.29) is 11.9 Å². The molecule has 2 aromatic rings. The minimum atomic E-state index is -0.156. The monoisotopic (exact) mass is 336 g/mol. The number of hydrogen-bond donors (Lipinski definition) is 0. The second-order valence-electron chi connectivity index (χ2n) is 4.64. The van der Waals surface area contributed by atoms with Gasteiger partial charge in [-0.05, 0) is 18.2 Å². The molecule has 6 heteroatoms. The number of hydrogen-bond acceptors (Lipinski definition) is 4. The van der Waals surface area contributed by atoms with Crippen LogP contribution in [-0.4, -0.2) is 29.6 Å². The summed E-state index contributed by atoms with van der Waals surface area (Å²) in [7, 11) is 1.78. The van der Waals surface area contributed by atoms with Crippen LogP contribution in [0, 0.1) is 0 Å². The average molecular weight is 337 g/mol. The molecule has 1 aromatic heterocycles. The molecule has 5 nitrogen and oxygen atoms in total. The lowest BCUT2D eigenvalue weighted by Gasteiger charge is -2.32. The molecule has 20 heavy (non-hydrogen) atoms. The van der Waals surface area contributed by atoms with Gasteiger partial charge in [0.2, 0.25) is 0 Å². The normalized spacial score (nSPS) is 17.2. The number of halogens is 1. The lowest BCUT2D eigenvalue weighted by Crippen LogP contribution is -2.34. The Hall–Kier alpha value is -1.82. The lowest BCUT2D eigenvalue weighted by atomic mass is 9.99. The molecule has 0 unspecified atom stereocenters. The molecule has 1 aromatic carbocycles. The molecule has 1 aliphatic rings. The van der Waals surface area contributed by atoms with Gasteiger partial charge < -0.3 is 14.2 Å². The van der Waals surface area contributed by atoms with Crippen molar-refractivity contribution >= 4 is 21.8 Å². The van der Waals surface area contributed by atoms with Gasteiger partial charge in [-0.3, -0.25) is 4.79 Å². The summed E-state index contributed by atoms with van der Waals surface area (Å²) >= 11 is 3.46. The van der Waals surface area contributed by atoms with E-state index in [2.05, 4.69) is 21.1 Å². The zero-order chi connectivity index (χ0) is 14.1. The summed E-state index contributed by atoms with van der Waals surface area (Å²) in [5, 5.41) is 3.70. The van der Waals surface area contributed by atoms with Crippen LogP contribution >= 0.6 is 15.9 Å². The minimum absolute atomic E-state index is 0.0274. The molecule has 0 bridgehead atoms. The van der Waals surface area contributed by atoms with Crippen molar-refractivity contribution in [3.63, 3.8) is 0 Å². The summed E-state index contributed by atoms with van der Waals surface area (Å²) in [4.78, 5) is 14.0. The topological polar surface area (TPSA) is 55.6 Å². The maximum Gasteiger partial charge on any atom is 0.276 e. The number of rotatable bonds is 2. The zero-order valence-corrected chi connectivity index (χ0v) is 12.5. The average Bonchev–Trinajstić information content (AvgIpc) is 2.99. The highest BCUT2D eigenvalue weighted by Crippen LogP contribution is 2.37. The van der Waals surface area contributed by atoms with E-state index in [0.717, 1.165) is 22.2 Å². The SMILES string of the molecule is CN(C(=O)c1ccon1)[C@H]1CCOc2ccc(Br)cc21. The van der Waals surface area contributed by atoms with E-state index in [4.69, 9.17) is 9.26 Å². The van der Waals surface area contributed by atoms with Gasteiger partial charge in [-0.25, -0.2) is 0 Å². The maximum absolute atomic E-state index is 12.4. The highest BCUT2D eigenvalue weighted by Gasteiger charge is 2.29. The Morgan fingerprint density at radius 2 is 2.30 bits per heavy atom. The Morgan fingerprint density at radius 1 is 1.45 bits per heavy atom. The molecule has 1 aliphatic heterocycles. The van der Waals surface area contributed by atoms with E-state index in [0.29, 0.717) is 12.3 Å². The summed E-state index contributed by atoms with van der Waals surface area (Å²) in [6.45, 7) is 0.593. The quantitative estimate of drug-likeness (QED) is 0.845. The van der Waals surface area contributed by atoms with Crippen molar-refractivity contribution in [1.82, 2.24) is 10.1 Å². The van der Waals surface area contributed by atoms with Crippen LogP contribution in [0.25, 0.3) is 0 Å². The molecule has 3 rings (SSSR count). The number of carbonyl (C=O) groups is 1. The van der Waals surface area contributed by atoms with Gasteiger partial charge in [0.1, 0.15) is 12.0 Å². The second kappa shape index (κ2) is 5.28. The Kier molecular flexibility index (Phi) is 3.48. The van der Waals surface area contributed by atoms with Crippen molar-refractivity contribution in [2.45, 2.75) is 12.5 Å². The highest BCUT2D eigenvalue weighted by molar-refractivity contribution is 9.10. The molecule has 0 fully saturated rings. The molecular formula is C14H13BrN2O3. The van der Waals surface area contributed by atoms with Gasteiger partial charge in [0.05, 0.1) is 12.6 Å². The van der Waals surface area contributed by atoms with Crippen molar-refractivity contribution in [1.29, 1.82) is 0 Å². The number of aromatic nitrogens is 1. The van der Waals surface area contributed by atoms with Crippen molar-refractivity contribution < 1.29 is 14.1 Å². The first-order chi connectivity index (χ1) is 9.66. The molecule has 0 saturated heterocycles. The van der Waals surface area contributed by atoms with Crippen LogP contribution in [0.2, 0.25) is 0 Å². The smallest absolute Gasteiger partial charge is 0.276 e. The predicted molar refractivity (Wildman–Crippen MR) is 75.6 cm³/mol. The Morgan fingerprint density at radius 3 is 3.05 bits per heavy atom. The molecule has 0 spiro atoms. The summed E-state index contributed by atoms with van der Waals surface area (Å²) in [5.74, 6) is 0.667. The number of carbonyl (C=O) groups excluding carboxylic acids is 1. The Labute approximate surface area is 124 Å². The fraction of sp³-hybridized carbons (Fsp3) is 0.286. The molecule has 0 aliphatic carbocycles. The van der Waals surface area contributed by atoms with Crippen LogP contribution in [0.1, 0.15) is 28.5 Å². The van der Waals surface area contributed by atoms with Crippen LogP contribution in [0.4, 0.5) is 0 Å². The molecule has 1 amide bonds. The van der Waals surface area contributed by atoms with Gasteiger partial charge >= 0.3 is 0 Å². The van der Waals surface area contributed by atoms with Gasteiger partial charge in [-0.2, -0.15) is 0 Å². The number of amides is 1. The fourth-order valence-corrected chi connectivity index (χ4v) is 2.77. The number of fused-ring (bicyclic) bond motifs is 1. The Balaban J connectivity index is 1.92. The van der Waals surface area contributed by atoms with Gasteiger partial charge in [0, 0.05) is 29.6 Å². The van der Waals surface area contributed by atoms with E-state index in [1.165, 1.54) is 6.26 Å². The van der Waals surface area contributed by atoms with Gasteiger partial charge in [0.15, 0.2) is 5.69 Å². The molecule has 0 N–H and O–H groups in total. The summed E-state index contributed by atoms with van der Waals surface area (Å²) in [6.07, 6.45) is 2.15. The van der Waals surface area contributed by atoms with Crippen molar-refractivity contribution in [2.75, 3.05) is 13.7 Å². The number of benzene rings is 1. The first-order valence-corrected chi connectivity index (χ1v) is 7.06. The molecule has 0 saturated carbocycles. The van der Waals surface area contributed by atoms with E-state index < -0.39 is 0 Å². The number of ether oxygens (including phenoxy) is 1. The third kappa shape index (κ3) is 2.31. The fourth-order valence-electron chi connectivity index (χ4n) is 2.39. The Bertz CT molecular complexity index is 627. The molecule has 2 heterocycles. The predicted octanol–water partition coefficient (Wildman–Crippen LogP) is 3.03. The second-order valence-corrected chi connectivity index (χ2v) is 5.55. The first kappa shape index (κ1) is 13.2. The maximum atomic E-state index is 12.4. The van der Waals surface area contributed by atoms with Crippen LogP contribution in [0.15, 0.2) is 39.5 Å². The third-order valence-corrected chi connectivity index (χ3v) is 3.92. The first-order valence-electron chi connectivity index (χ1n) is 6.26. The van der Waals surface area contributed by atoms with Gasteiger partial charge in [0.25, 0.3) is 5.91 Å². The largest absolute Gasteiger partial charge is 0.493 e. The summed E-state index contributed by atoms with van der Waals surface area (Å²) < 4.78 is 11.3. The highest BCUT2D eigenvalue weighted by atomic mass is 79.9. The molecule has 0 radical (unpaired) electrons. The van der Waals surface area contributed by atoms with E-state index in [1.807, 2.05) is 18.2 Å². The molecule has 104 valence electrons. The van der Waals surface area contributed by atoms with E-state index in [9.17, 15) is 4.79 Å².